The van der Waals surface area contributed by atoms with Gasteiger partial charge >= 0.3 is 12.1 Å². The minimum atomic E-state index is -5.08. The van der Waals surface area contributed by atoms with E-state index in [0.29, 0.717) is 32.0 Å². The number of rotatable bonds is 6. The van der Waals surface area contributed by atoms with Crippen LogP contribution in [0.4, 0.5) is 13.2 Å². The van der Waals surface area contributed by atoms with Crippen LogP contribution in [-0.4, -0.2) is 51.5 Å². The molecule has 0 saturated carbocycles. The first kappa shape index (κ1) is 25.9. The van der Waals surface area contributed by atoms with Crippen molar-refractivity contribution >= 4 is 27.9 Å². The van der Waals surface area contributed by atoms with Gasteiger partial charge in [0, 0.05) is 35.8 Å². The van der Waals surface area contributed by atoms with Gasteiger partial charge in [-0.05, 0) is 43.2 Å². The number of nitrogens with two attached hydrogens (primary N) is 1. The molecule has 35 heavy (non-hydrogen) atoms. The first-order chi connectivity index (χ1) is 16.5. The van der Waals surface area contributed by atoms with Crippen LogP contribution in [0.3, 0.4) is 0 Å². The monoisotopic (exact) mass is 490 g/mol. The van der Waals surface area contributed by atoms with E-state index in [1.165, 1.54) is 0 Å². The van der Waals surface area contributed by atoms with Gasteiger partial charge in [0.25, 0.3) is 5.56 Å². The minimum absolute atomic E-state index is 0.114. The molecule has 0 aliphatic heterocycles. The van der Waals surface area contributed by atoms with E-state index in [2.05, 4.69) is 11.9 Å². The van der Waals surface area contributed by atoms with Crippen LogP contribution in [0.25, 0.3) is 33.2 Å². The highest BCUT2D eigenvalue weighted by atomic mass is 19.4. The molecule has 0 spiro atoms. The molecule has 0 radical (unpaired) electrons. The fraction of sp³-hybridized carbons (Fsp3) is 0.292. The lowest BCUT2D eigenvalue weighted by Crippen LogP contribution is -2.26. The van der Waals surface area contributed by atoms with Gasteiger partial charge in [0.15, 0.2) is 0 Å². The Morgan fingerprint density at radius 3 is 2.49 bits per heavy atom. The zero-order chi connectivity index (χ0) is 25.8. The Balaban J connectivity index is 0.000000429. The van der Waals surface area contributed by atoms with E-state index >= 15 is 0 Å². The van der Waals surface area contributed by atoms with E-state index in [1.807, 2.05) is 49.5 Å². The quantitative estimate of drug-likeness (QED) is 0.354. The molecule has 0 bridgehead atoms. The third-order valence-corrected chi connectivity index (χ3v) is 5.37. The topological polar surface area (TPSA) is 123 Å². The Morgan fingerprint density at radius 1 is 1.17 bits per heavy atom. The summed E-state index contributed by atoms with van der Waals surface area (Å²) in [5.74, 6) is -2.76. The van der Waals surface area contributed by atoms with E-state index in [1.54, 1.807) is 4.57 Å². The van der Waals surface area contributed by atoms with Crippen molar-refractivity contribution in [3.63, 3.8) is 0 Å². The number of carboxylic acid groups (broad SMARTS) is 1. The van der Waals surface area contributed by atoms with Crippen LogP contribution in [-0.2, 0) is 16.1 Å². The summed E-state index contributed by atoms with van der Waals surface area (Å²) in [4.78, 5) is 30.3. The number of aromatic amines is 1. The average Bonchev–Trinajstić information content (AvgIpc) is 3.23. The van der Waals surface area contributed by atoms with Gasteiger partial charge in [0.05, 0.1) is 24.2 Å². The fourth-order valence-electron chi connectivity index (χ4n) is 3.50. The molecule has 0 saturated heterocycles. The predicted molar refractivity (Wildman–Crippen MR) is 126 cm³/mol. The maximum Gasteiger partial charge on any atom is 0.490 e. The number of fused-ring (bicyclic) bond motifs is 2. The molecule has 0 amide bonds. The number of aromatic nitrogens is 3. The van der Waals surface area contributed by atoms with Gasteiger partial charge in [-0.2, -0.15) is 13.2 Å². The predicted octanol–water partition coefficient (Wildman–Crippen LogP) is 3.77. The lowest BCUT2D eigenvalue weighted by molar-refractivity contribution is -0.192. The number of halogens is 3. The highest BCUT2D eigenvalue weighted by Crippen LogP contribution is 2.27. The number of ether oxygens (including phenoxy) is 1. The van der Waals surface area contributed by atoms with Gasteiger partial charge < -0.3 is 25.1 Å². The number of aryl methyl sites for hydroxylation is 2. The molecule has 0 fully saturated rings. The minimum Gasteiger partial charge on any atom is -0.475 e. The Hall–Kier alpha value is -3.70. The summed E-state index contributed by atoms with van der Waals surface area (Å²) in [6.45, 7) is 5.92. The number of benzene rings is 2. The maximum absolute atomic E-state index is 13.4. The second-order valence-electron chi connectivity index (χ2n) is 7.79. The summed E-state index contributed by atoms with van der Waals surface area (Å²) in [5, 5.41) is 8.11. The van der Waals surface area contributed by atoms with Crippen LogP contribution in [0.15, 0.2) is 47.4 Å². The summed E-state index contributed by atoms with van der Waals surface area (Å²) in [6.07, 6.45) is -3.23. The number of para-hydroxylation sites is 1. The Bertz CT molecular complexity index is 1410. The molecular formula is C24H25F3N4O4. The molecule has 186 valence electrons. The molecule has 4 N–H and O–H groups in total. The van der Waals surface area contributed by atoms with Gasteiger partial charge in [-0.1, -0.05) is 18.2 Å². The summed E-state index contributed by atoms with van der Waals surface area (Å²) >= 11 is 0. The summed E-state index contributed by atoms with van der Waals surface area (Å²) in [5.41, 5.74) is 11.5. The summed E-state index contributed by atoms with van der Waals surface area (Å²) in [7, 11) is 0. The molecule has 2 heterocycles. The lowest BCUT2D eigenvalue weighted by Gasteiger charge is -2.14. The first-order valence-corrected chi connectivity index (χ1v) is 10.7. The smallest absolute Gasteiger partial charge is 0.475 e. The number of hydrogen-bond donors (Lipinski definition) is 3. The second-order valence-corrected chi connectivity index (χ2v) is 7.79. The van der Waals surface area contributed by atoms with E-state index in [-0.39, 0.29) is 5.56 Å². The van der Waals surface area contributed by atoms with Gasteiger partial charge in [-0.3, -0.25) is 4.79 Å². The molecule has 0 aliphatic rings. The van der Waals surface area contributed by atoms with Crippen molar-refractivity contribution in [3.05, 3.63) is 64.1 Å². The Morgan fingerprint density at radius 2 is 1.83 bits per heavy atom. The fourth-order valence-corrected chi connectivity index (χ4v) is 3.50. The van der Waals surface area contributed by atoms with Crippen LogP contribution < -0.4 is 11.3 Å². The van der Waals surface area contributed by atoms with E-state index in [4.69, 9.17) is 25.4 Å². The largest absolute Gasteiger partial charge is 0.490 e. The number of carboxylic acids is 1. The van der Waals surface area contributed by atoms with Crippen molar-refractivity contribution in [2.24, 2.45) is 5.73 Å². The zero-order valence-electron chi connectivity index (χ0n) is 19.1. The third-order valence-electron chi connectivity index (χ3n) is 5.37. The Kier molecular flexibility index (Phi) is 7.92. The number of H-pyrrole nitrogens is 1. The molecule has 2 aromatic carbocycles. The molecule has 11 heteroatoms. The number of aliphatic carboxylic acids is 1. The first-order valence-electron chi connectivity index (χ1n) is 10.7. The number of nitrogens with one attached hydrogen (secondary N) is 1. The van der Waals surface area contributed by atoms with Crippen molar-refractivity contribution in [1.82, 2.24) is 14.5 Å². The molecule has 0 unspecified atom stereocenters. The molecule has 4 rings (SSSR count). The molecular weight excluding hydrogens is 465 g/mol. The molecule has 0 atom stereocenters. The van der Waals surface area contributed by atoms with Crippen LogP contribution >= 0.6 is 0 Å². The Labute approximate surface area is 198 Å². The van der Waals surface area contributed by atoms with E-state index in [0.717, 1.165) is 38.6 Å². The number of carbonyl (C=O) groups is 1. The summed E-state index contributed by atoms with van der Waals surface area (Å²) < 4.78 is 39.0. The third kappa shape index (κ3) is 5.87. The SMILES string of the molecule is Cc1cc2nc(-c3c[nH]c4ccccc34)c(=O)n(CCOCCN)c2cc1C.O=C(O)C(F)(F)F. The van der Waals surface area contributed by atoms with Crippen molar-refractivity contribution in [2.75, 3.05) is 19.8 Å². The lowest BCUT2D eigenvalue weighted by atomic mass is 10.1. The molecule has 2 aromatic heterocycles. The average molecular weight is 490 g/mol. The molecule has 8 nitrogen and oxygen atoms in total. The van der Waals surface area contributed by atoms with Crippen LogP contribution in [0, 0.1) is 13.8 Å². The highest BCUT2D eigenvalue weighted by Gasteiger charge is 2.38. The van der Waals surface area contributed by atoms with Gasteiger partial charge in [0.1, 0.15) is 5.69 Å². The van der Waals surface area contributed by atoms with Crippen molar-refractivity contribution < 1.29 is 27.8 Å². The number of hydrogen-bond acceptors (Lipinski definition) is 5. The van der Waals surface area contributed by atoms with Crippen molar-refractivity contribution in [2.45, 2.75) is 26.6 Å². The molecule has 0 aliphatic carbocycles. The normalized spacial score (nSPS) is 11.5. The summed E-state index contributed by atoms with van der Waals surface area (Å²) in [6, 6.07) is 12.0. The van der Waals surface area contributed by atoms with Gasteiger partial charge in [0.2, 0.25) is 0 Å². The van der Waals surface area contributed by atoms with E-state index < -0.39 is 12.1 Å². The van der Waals surface area contributed by atoms with Crippen molar-refractivity contribution in [3.8, 4) is 11.3 Å². The second kappa shape index (κ2) is 10.7. The molecule has 4 aromatic rings. The van der Waals surface area contributed by atoms with Gasteiger partial charge in [-0.15, -0.1) is 0 Å². The number of nitrogens with zero attached hydrogens (tertiary/aromatic N) is 2. The van der Waals surface area contributed by atoms with Crippen LogP contribution in [0.5, 0.6) is 0 Å². The van der Waals surface area contributed by atoms with Crippen LogP contribution in [0.2, 0.25) is 0 Å². The van der Waals surface area contributed by atoms with Gasteiger partial charge in [-0.25, -0.2) is 9.78 Å². The van der Waals surface area contributed by atoms with Crippen molar-refractivity contribution in [1.29, 1.82) is 0 Å². The standard InChI is InChI=1S/C22H24N4O2.C2HF3O2/c1-14-11-19-20(12-15(14)2)26(8-10-28-9-7-23)22(27)21(25-19)17-13-24-18-6-4-3-5-16(17)18;3-2(4,5)1(6)7/h3-6,11-13,24H,7-10,23H2,1-2H3;(H,6,7). The maximum atomic E-state index is 13.4. The highest BCUT2D eigenvalue weighted by molar-refractivity contribution is 5.95. The number of alkyl halides is 3. The van der Waals surface area contributed by atoms with Crippen LogP contribution in [0.1, 0.15) is 11.1 Å². The zero-order valence-corrected chi connectivity index (χ0v) is 19.1. The van der Waals surface area contributed by atoms with E-state index in [9.17, 15) is 18.0 Å².